The van der Waals surface area contributed by atoms with Gasteiger partial charge in [-0.1, -0.05) is 11.6 Å². The average Bonchev–Trinajstić information content (AvgIpc) is 2.38. The van der Waals surface area contributed by atoms with Gasteiger partial charge in [0.25, 0.3) is 0 Å². The molecule has 0 unspecified atom stereocenters. The highest BCUT2D eigenvalue weighted by atomic mass is 35.5. The summed E-state index contributed by atoms with van der Waals surface area (Å²) in [7, 11) is 2.69. The first kappa shape index (κ1) is 12.4. The van der Waals surface area contributed by atoms with E-state index in [1.807, 2.05) is 0 Å². The Hall–Kier alpha value is -2.01. The minimum Gasteiger partial charge on any atom is -0.506 e. The molecule has 18 heavy (non-hydrogen) atoms. The molecule has 1 aromatic heterocycles. The SMILES string of the molecule is COC(=O)c1cnc2cc(Cl)c(OC)cc2c1O. The number of aromatic hydroxyl groups is 1. The number of benzene rings is 1. The van der Waals surface area contributed by atoms with Gasteiger partial charge >= 0.3 is 5.97 Å². The monoisotopic (exact) mass is 267 g/mol. The Bertz CT molecular complexity index is 627. The zero-order valence-corrected chi connectivity index (χ0v) is 10.5. The minimum absolute atomic E-state index is 0.00521. The normalized spacial score (nSPS) is 10.4. The van der Waals surface area contributed by atoms with Crippen LogP contribution in [0.3, 0.4) is 0 Å². The van der Waals surface area contributed by atoms with Gasteiger partial charge in [-0.05, 0) is 12.1 Å². The second-order valence-corrected chi connectivity index (χ2v) is 3.92. The van der Waals surface area contributed by atoms with E-state index in [9.17, 15) is 9.90 Å². The fourth-order valence-electron chi connectivity index (χ4n) is 1.60. The number of hydrogen-bond donors (Lipinski definition) is 1. The van der Waals surface area contributed by atoms with Crippen molar-refractivity contribution in [2.45, 2.75) is 0 Å². The molecule has 0 bridgehead atoms. The molecule has 0 amide bonds. The Morgan fingerprint density at radius 3 is 2.72 bits per heavy atom. The molecule has 0 atom stereocenters. The third-order valence-electron chi connectivity index (χ3n) is 2.52. The predicted octanol–water partition coefficient (Wildman–Crippen LogP) is 2.39. The Morgan fingerprint density at radius 2 is 2.11 bits per heavy atom. The lowest BCUT2D eigenvalue weighted by atomic mass is 10.1. The number of nitrogens with zero attached hydrogens (tertiary/aromatic N) is 1. The van der Waals surface area contributed by atoms with Crippen molar-refractivity contribution in [3.63, 3.8) is 0 Å². The van der Waals surface area contributed by atoms with E-state index in [0.29, 0.717) is 21.7 Å². The van der Waals surface area contributed by atoms with Gasteiger partial charge in [-0.3, -0.25) is 4.98 Å². The number of ether oxygens (including phenoxy) is 2. The molecule has 0 aliphatic heterocycles. The minimum atomic E-state index is -0.657. The van der Waals surface area contributed by atoms with Crippen LogP contribution in [0.4, 0.5) is 0 Å². The van der Waals surface area contributed by atoms with E-state index in [1.54, 1.807) is 6.07 Å². The number of rotatable bonds is 2. The number of pyridine rings is 1. The Labute approximate surface area is 108 Å². The first-order valence-corrected chi connectivity index (χ1v) is 5.39. The second-order valence-electron chi connectivity index (χ2n) is 3.52. The van der Waals surface area contributed by atoms with E-state index >= 15 is 0 Å². The summed E-state index contributed by atoms with van der Waals surface area (Å²) in [5, 5.41) is 10.8. The quantitative estimate of drug-likeness (QED) is 0.846. The maximum absolute atomic E-state index is 11.4. The molecule has 6 heteroatoms. The van der Waals surface area contributed by atoms with Crippen molar-refractivity contribution in [2.24, 2.45) is 0 Å². The van der Waals surface area contributed by atoms with E-state index < -0.39 is 5.97 Å². The smallest absolute Gasteiger partial charge is 0.343 e. The van der Waals surface area contributed by atoms with Crippen LogP contribution < -0.4 is 4.74 Å². The highest BCUT2D eigenvalue weighted by Gasteiger charge is 2.16. The van der Waals surface area contributed by atoms with Crippen LogP contribution >= 0.6 is 11.6 Å². The Morgan fingerprint density at radius 1 is 1.39 bits per heavy atom. The van der Waals surface area contributed by atoms with Gasteiger partial charge in [0, 0.05) is 11.6 Å². The van der Waals surface area contributed by atoms with Crippen LogP contribution in [0.1, 0.15) is 10.4 Å². The molecule has 0 saturated carbocycles. The fourth-order valence-corrected chi connectivity index (χ4v) is 1.83. The summed E-state index contributed by atoms with van der Waals surface area (Å²) in [5.41, 5.74) is 0.459. The third-order valence-corrected chi connectivity index (χ3v) is 2.81. The lowest BCUT2D eigenvalue weighted by Gasteiger charge is -2.08. The molecule has 1 N–H and O–H groups in total. The molecule has 0 radical (unpaired) electrons. The van der Waals surface area contributed by atoms with Crippen LogP contribution in [0.5, 0.6) is 11.5 Å². The molecule has 0 aliphatic carbocycles. The van der Waals surface area contributed by atoms with Gasteiger partial charge in [0.2, 0.25) is 0 Å². The number of hydrogen-bond acceptors (Lipinski definition) is 5. The molecule has 2 aromatic rings. The number of halogens is 1. The van der Waals surface area contributed by atoms with E-state index in [2.05, 4.69) is 9.72 Å². The first-order valence-electron chi connectivity index (χ1n) is 5.02. The molecular formula is C12H10ClNO4. The second kappa shape index (κ2) is 4.70. The van der Waals surface area contributed by atoms with Crippen molar-refractivity contribution in [3.8, 4) is 11.5 Å². The van der Waals surface area contributed by atoms with Gasteiger partial charge in [-0.25, -0.2) is 4.79 Å². The number of fused-ring (bicyclic) bond motifs is 1. The molecule has 0 aliphatic rings. The summed E-state index contributed by atoms with van der Waals surface area (Å²) < 4.78 is 9.60. The summed E-state index contributed by atoms with van der Waals surface area (Å²) in [6.45, 7) is 0. The van der Waals surface area contributed by atoms with Gasteiger partial charge in [0.1, 0.15) is 17.1 Å². The summed E-state index contributed by atoms with van der Waals surface area (Å²) in [6, 6.07) is 3.07. The van der Waals surface area contributed by atoms with Crippen LogP contribution in [-0.2, 0) is 4.74 Å². The molecule has 1 heterocycles. The third kappa shape index (κ3) is 1.93. The molecule has 0 saturated heterocycles. The van der Waals surface area contributed by atoms with Crippen molar-refractivity contribution in [1.82, 2.24) is 4.98 Å². The molecule has 1 aromatic carbocycles. The number of methoxy groups -OCH3 is 2. The van der Waals surface area contributed by atoms with Crippen LogP contribution in [0.15, 0.2) is 18.3 Å². The van der Waals surface area contributed by atoms with Crippen LogP contribution in [0.25, 0.3) is 10.9 Å². The van der Waals surface area contributed by atoms with Gasteiger partial charge in [0.15, 0.2) is 0 Å². The molecule has 2 rings (SSSR count). The molecule has 0 spiro atoms. The van der Waals surface area contributed by atoms with Crippen molar-refractivity contribution in [2.75, 3.05) is 14.2 Å². The van der Waals surface area contributed by atoms with E-state index in [1.165, 1.54) is 26.5 Å². The van der Waals surface area contributed by atoms with Gasteiger partial charge < -0.3 is 14.6 Å². The number of esters is 1. The molecule has 5 nitrogen and oxygen atoms in total. The van der Waals surface area contributed by atoms with Crippen molar-refractivity contribution >= 4 is 28.5 Å². The Kier molecular flexibility index (Phi) is 3.25. The topological polar surface area (TPSA) is 68.7 Å². The lowest BCUT2D eigenvalue weighted by Crippen LogP contribution is -2.02. The van der Waals surface area contributed by atoms with Crippen molar-refractivity contribution in [3.05, 3.63) is 28.9 Å². The molecule has 0 fully saturated rings. The molecule has 94 valence electrons. The summed E-state index contributed by atoms with van der Waals surface area (Å²) in [4.78, 5) is 15.5. The first-order chi connectivity index (χ1) is 8.58. The van der Waals surface area contributed by atoms with Crippen LogP contribution in [0.2, 0.25) is 5.02 Å². The highest BCUT2D eigenvalue weighted by Crippen LogP contribution is 2.34. The number of aromatic nitrogens is 1. The van der Waals surface area contributed by atoms with Crippen molar-refractivity contribution in [1.29, 1.82) is 0 Å². The van der Waals surface area contributed by atoms with E-state index in [-0.39, 0.29) is 11.3 Å². The number of carbonyl (C=O) groups excluding carboxylic acids is 1. The average molecular weight is 268 g/mol. The number of carbonyl (C=O) groups is 1. The zero-order valence-electron chi connectivity index (χ0n) is 9.73. The summed E-state index contributed by atoms with van der Waals surface area (Å²) >= 11 is 5.95. The summed E-state index contributed by atoms with van der Waals surface area (Å²) in [5.74, 6) is -0.471. The fraction of sp³-hybridized carbons (Fsp3) is 0.167. The summed E-state index contributed by atoms with van der Waals surface area (Å²) in [6.07, 6.45) is 1.24. The van der Waals surface area contributed by atoms with E-state index in [0.717, 1.165) is 0 Å². The Balaban J connectivity index is 2.73. The standard InChI is InChI=1S/C12H10ClNO4/c1-17-10-3-6-9(4-8(10)13)14-5-7(11(6)15)12(16)18-2/h3-5H,1-2H3,(H,14,15). The van der Waals surface area contributed by atoms with Gasteiger partial charge in [-0.15, -0.1) is 0 Å². The lowest BCUT2D eigenvalue weighted by molar-refractivity contribution is 0.0597. The van der Waals surface area contributed by atoms with Gasteiger partial charge in [-0.2, -0.15) is 0 Å². The zero-order chi connectivity index (χ0) is 13.3. The maximum Gasteiger partial charge on any atom is 0.343 e. The maximum atomic E-state index is 11.4. The largest absolute Gasteiger partial charge is 0.506 e. The highest BCUT2D eigenvalue weighted by molar-refractivity contribution is 6.32. The predicted molar refractivity (Wildman–Crippen MR) is 66.3 cm³/mol. The van der Waals surface area contributed by atoms with E-state index in [4.69, 9.17) is 16.3 Å². The van der Waals surface area contributed by atoms with Crippen LogP contribution in [0, 0.1) is 0 Å². The van der Waals surface area contributed by atoms with Gasteiger partial charge in [0.05, 0.1) is 24.8 Å². The van der Waals surface area contributed by atoms with Crippen molar-refractivity contribution < 1.29 is 19.4 Å². The molecular weight excluding hydrogens is 258 g/mol. The van der Waals surface area contributed by atoms with Crippen LogP contribution in [-0.4, -0.2) is 30.3 Å².